The van der Waals surface area contributed by atoms with Crippen LogP contribution in [0.4, 0.5) is 10.1 Å². The zero-order valence-electron chi connectivity index (χ0n) is 10.1. The van der Waals surface area contributed by atoms with Crippen molar-refractivity contribution in [3.63, 3.8) is 0 Å². The first kappa shape index (κ1) is 12.3. The number of nitrogen functional groups attached to an aromatic ring is 1. The summed E-state index contributed by atoms with van der Waals surface area (Å²) in [6.45, 7) is 2.06. The highest BCUT2D eigenvalue weighted by Gasteiger charge is 2.06. The van der Waals surface area contributed by atoms with Crippen molar-refractivity contribution < 1.29 is 9.13 Å². The molecule has 5 heteroatoms. The van der Waals surface area contributed by atoms with E-state index in [1.54, 1.807) is 6.07 Å². The van der Waals surface area contributed by atoms with Crippen molar-refractivity contribution >= 4 is 5.69 Å². The summed E-state index contributed by atoms with van der Waals surface area (Å²) in [6.07, 6.45) is 3.26. The molecule has 1 aromatic heterocycles. The highest BCUT2D eigenvalue weighted by Crippen LogP contribution is 2.26. The number of nitrogens with zero attached hydrogens (tertiary/aromatic N) is 2. The zero-order valence-corrected chi connectivity index (χ0v) is 10.1. The van der Waals surface area contributed by atoms with Gasteiger partial charge in [0.1, 0.15) is 12.1 Å². The Hall–Kier alpha value is -2.17. The Kier molecular flexibility index (Phi) is 3.72. The molecule has 0 saturated carbocycles. The quantitative estimate of drug-likeness (QED) is 0.844. The third kappa shape index (κ3) is 2.94. The molecule has 0 saturated heterocycles. The van der Waals surface area contributed by atoms with Crippen molar-refractivity contribution in [3.05, 3.63) is 42.1 Å². The Bertz CT molecular complexity index is 546. The fourth-order valence-corrected chi connectivity index (χ4v) is 1.53. The monoisotopic (exact) mass is 247 g/mol. The molecule has 0 aliphatic rings. The Labute approximate surface area is 105 Å². The third-order valence-electron chi connectivity index (χ3n) is 2.39. The summed E-state index contributed by atoms with van der Waals surface area (Å²) in [5.74, 6) is 0.226. The number of nitrogens with two attached hydrogens (primary N) is 1. The van der Waals surface area contributed by atoms with E-state index in [0.717, 1.165) is 18.5 Å². The minimum atomic E-state index is -0.401. The van der Waals surface area contributed by atoms with Crippen molar-refractivity contribution in [2.45, 2.75) is 19.8 Å². The fraction of sp³-hybridized carbons (Fsp3) is 0.231. The van der Waals surface area contributed by atoms with Crippen LogP contribution in [0.15, 0.2) is 30.6 Å². The van der Waals surface area contributed by atoms with Crippen LogP contribution in [0.1, 0.15) is 19.0 Å². The average Bonchev–Trinajstić information content (AvgIpc) is 2.35. The van der Waals surface area contributed by atoms with Gasteiger partial charge in [-0.2, -0.15) is 0 Å². The van der Waals surface area contributed by atoms with Gasteiger partial charge in [0.05, 0.1) is 5.69 Å². The molecule has 0 amide bonds. The second-order valence-electron chi connectivity index (χ2n) is 3.88. The van der Waals surface area contributed by atoms with Gasteiger partial charge in [0.25, 0.3) is 0 Å². The van der Waals surface area contributed by atoms with Gasteiger partial charge in [-0.25, -0.2) is 14.4 Å². The van der Waals surface area contributed by atoms with Crippen LogP contribution in [-0.4, -0.2) is 9.97 Å². The number of halogens is 1. The number of hydrogen-bond acceptors (Lipinski definition) is 4. The minimum Gasteiger partial charge on any atom is -0.437 e. The molecule has 2 N–H and O–H groups in total. The van der Waals surface area contributed by atoms with Crippen LogP contribution in [0.25, 0.3) is 0 Å². The molecule has 18 heavy (non-hydrogen) atoms. The SMILES string of the molecule is CCCc1cc(Oc2cc(F)ccc2N)ncn1. The highest BCUT2D eigenvalue weighted by atomic mass is 19.1. The predicted octanol–water partition coefficient (Wildman–Crippen LogP) is 2.94. The smallest absolute Gasteiger partial charge is 0.222 e. The molecule has 1 heterocycles. The molecular weight excluding hydrogens is 233 g/mol. The average molecular weight is 247 g/mol. The van der Waals surface area contributed by atoms with Crippen molar-refractivity contribution in [1.29, 1.82) is 0 Å². The normalized spacial score (nSPS) is 10.3. The van der Waals surface area contributed by atoms with Crippen LogP contribution in [0.5, 0.6) is 11.6 Å². The summed E-state index contributed by atoms with van der Waals surface area (Å²) >= 11 is 0. The number of ether oxygens (including phenoxy) is 1. The first-order chi connectivity index (χ1) is 8.69. The zero-order chi connectivity index (χ0) is 13.0. The maximum absolute atomic E-state index is 13.1. The van der Waals surface area contributed by atoms with E-state index in [9.17, 15) is 4.39 Å². The number of hydrogen-bond donors (Lipinski definition) is 1. The molecule has 1 aromatic carbocycles. The van der Waals surface area contributed by atoms with Gasteiger partial charge >= 0.3 is 0 Å². The lowest BCUT2D eigenvalue weighted by molar-refractivity contribution is 0.457. The third-order valence-corrected chi connectivity index (χ3v) is 2.39. The van der Waals surface area contributed by atoms with E-state index in [1.165, 1.54) is 24.5 Å². The molecule has 0 unspecified atom stereocenters. The van der Waals surface area contributed by atoms with E-state index < -0.39 is 5.82 Å². The van der Waals surface area contributed by atoms with Gasteiger partial charge in [-0.15, -0.1) is 0 Å². The van der Waals surface area contributed by atoms with Crippen LogP contribution in [0.2, 0.25) is 0 Å². The van der Waals surface area contributed by atoms with Gasteiger partial charge < -0.3 is 10.5 Å². The maximum atomic E-state index is 13.1. The number of aryl methyl sites for hydroxylation is 1. The lowest BCUT2D eigenvalue weighted by Crippen LogP contribution is -1.97. The van der Waals surface area contributed by atoms with Gasteiger partial charge in [0.15, 0.2) is 5.75 Å². The molecular formula is C13H14FN3O. The second kappa shape index (κ2) is 5.44. The summed E-state index contributed by atoms with van der Waals surface area (Å²) in [7, 11) is 0. The van der Waals surface area contributed by atoms with Crippen LogP contribution in [0.3, 0.4) is 0 Å². The van der Waals surface area contributed by atoms with Gasteiger partial charge in [-0.1, -0.05) is 13.3 Å². The molecule has 4 nitrogen and oxygen atoms in total. The molecule has 94 valence electrons. The summed E-state index contributed by atoms with van der Waals surface area (Å²) < 4.78 is 18.5. The van der Waals surface area contributed by atoms with E-state index in [-0.39, 0.29) is 5.75 Å². The first-order valence-electron chi connectivity index (χ1n) is 5.73. The van der Waals surface area contributed by atoms with Crippen LogP contribution < -0.4 is 10.5 Å². The molecule has 0 aliphatic carbocycles. The lowest BCUT2D eigenvalue weighted by Gasteiger charge is -2.08. The van der Waals surface area contributed by atoms with Gasteiger partial charge in [0, 0.05) is 17.8 Å². The number of rotatable bonds is 4. The van der Waals surface area contributed by atoms with E-state index >= 15 is 0 Å². The molecule has 0 atom stereocenters. The van der Waals surface area contributed by atoms with Crippen molar-refractivity contribution in [2.24, 2.45) is 0 Å². The van der Waals surface area contributed by atoms with Crippen molar-refractivity contribution in [1.82, 2.24) is 9.97 Å². The van der Waals surface area contributed by atoms with Gasteiger partial charge in [-0.05, 0) is 18.6 Å². The topological polar surface area (TPSA) is 61.0 Å². The van der Waals surface area contributed by atoms with E-state index in [0.29, 0.717) is 11.6 Å². The minimum absolute atomic E-state index is 0.260. The molecule has 0 fully saturated rings. The lowest BCUT2D eigenvalue weighted by atomic mass is 10.2. The Morgan fingerprint density at radius 3 is 2.89 bits per heavy atom. The van der Waals surface area contributed by atoms with E-state index in [1.807, 2.05) is 0 Å². The number of benzene rings is 1. The number of aromatic nitrogens is 2. The summed E-state index contributed by atoms with van der Waals surface area (Å²) in [4.78, 5) is 8.09. The number of anilines is 1. The van der Waals surface area contributed by atoms with Crippen molar-refractivity contribution in [3.8, 4) is 11.6 Å². The highest BCUT2D eigenvalue weighted by molar-refractivity contribution is 5.53. The maximum Gasteiger partial charge on any atom is 0.222 e. The summed E-state index contributed by atoms with van der Waals surface area (Å²) in [5, 5.41) is 0. The molecule has 0 spiro atoms. The van der Waals surface area contributed by atoms with Crippen LogP contribution >= 0.6 is 0 Å². The van der Waals surface area contributed by atoms with Crippen LogP contribution in [-0.2, 0) is 6.42 Å². The predicted molar refractivity (Wildman–Crippen MR) is 66.9 cm³/mol. The summed E-state index contributed by atoms with van der Waals surface area (Å²) in [5.41, 5.74) is 6.95. The molecule has 2 rings (SSSR count). The van der Waals surface area contributed by atoms with Crippen LogP contribution in [0, 0.1) is 5.82 Å². The largest absolute Gasteiger partial charge is 0.437 e. The fourth-order valence-electron chi connectivity index (χ4n) is 1.53. The van der Waals surface area contributed by atoms with Crippen molar-refractivity contribution in [2.75, 3.05) is 5.73 Å². The molecule has 0 aliphatic heterocycles. The molecule has 0 bridgehead atoms. The second-order valence-corrected chi connectivity index (χ2v) is 3.88. The van der Waals surface area contributed by atoms with E-state index in [2.05, 4.69) is 16.9 Å². The first-order valence-corrected chi connectivity index (χ1v) is 5.73. The van der Waals surface area contributed by atoms with Gasteiger partial charge in [-0.3, -0.25) is 0 Å². The van der Waals surface area contributed by atoms with E-state index in [4.69, 9.17) is 10.5 Å². The Morgan fingerprint density at radius 2 is 2.11 bits per heavy atom. The molecule has 0 radical (unpaired) electrons. The Balaban J connectivity index is 2.22. The summed E-state index contributed by atoms with van der Waals surface area (Å²) in [6, 6.07) is 5.70. The standard InChI is InChI=1S/C13H14FN3O/c1-2-3-10-7-13(17-8-16-10)18-12-6-9(14)4-5-11(12)15/h4-8H,2-3,15H2,1H3. The Morgan fingerprint density at radius 1 is 1.28 bits per heavy atom. The van der Waals surface area contributed by atoms with Gasteiger partial charge in [0.2, 0.25) is 5.88 Å². The molecule has 2 aromatic rings.